The number of nitrogens with two attached hydrogens (primary N) is 1. The maximum absolute atomic E-state index is 12.0. The van der Waals surface area contributed by atoms with Crippen LogP contribution in [0.3, 0.4) is 0 Å². The van der Waals surface area contributed by atoms with E-state index >= 15 is 0 Å². The van der Waals surface area contributed by atoms with E-state index < -0.39 is 0 Å². The minimum Gasteiger partial charge on any atom is -0.325 e. The lowest BCUT2D eigenvalue weighted by Crippen LogP contribution is -2.44. The maximum Gasteiger partial charge on any atom is 0.227 e. The molecule has 0 unspecified atom stereocenters. The van der Waals surface area contributed by atoms with Gasteiger partial charge in [-0.25, -0.2) is 0 Å². The lowest BCUT2D eigenvalue weighted by Gasteiger charge is -2.32. The van der Waals surface area contributed by atoms with Gasteiger partial charge < -0.3 is 11.1 Å². The minimum atomic E-state index is -0.320. The number of H-pyrrole nitrogens is 1. The van der Waals surface area contributed by atoms with E-state index in [2.05, 4.69) is 29.4 Å². The lowest BCUT2D eigenvalue weighted by molar-refractivity contribution is -0.117. The highest BCUT2D eigenvalue weighted by Gasteiger charge is 2.30. The Kier molecular flexibility index (Phi) is 4.24. The van der Waals surface area contributed by atoms with Crippen LogP contribution >= 0.6 is 0 Å². The molecule has 1 saturated carbocycles. The van der Waals surface area contributed by atoms with Gasteiger partial charge in [-0.2, -0.15) is 5.10 Å². The zero-order chi connectivity index (χ0) is 13.9. The number of carbonyl (C=O) groups excluding carboxylic acids is 1. The van der Waals surface area contributed by atoms with E-state index in [0.29, 0.717) is 18.2 Å². The molecule has 0 aromatic carbocycles. The van der Waals surface area contributed by atoms with E-state index in [1.807, 2.05) is 6.07 Å². The SMILES string of the molecule is CC(C)c1cc(NC(=O)CC2(N)CCCCC2)n[nH]1. The lowest BCUT2D eigenvalue weighted by atomic mass is 9.80. The summed E-state index contributed by atoms with van der Waals surface area (Å²) in [6.07, 6.45) is 5.76. The Morgan fingerprint density at radius 2 is 2.16 bits per heavy atom. The summed E-state index contributed by atoms with van der Waals surface area (Å²) in [5, 5.41) is 9.85. The van der Waals surface area contributed by atoms with Crippen molar-refractivity contribution in [1.29, 1.82) is 0 Å². The van der Waals surface area contributed by atoms with Crippen LogP contribution in [0.5, 0.6) is 0 Å². The van der Waals surface area contributed by atoms with Crippen molar-refractivity contribution >= 4 is 11.7 Å². The molecule has 1 aliphatic rings. The number of aromatic nitrogens is 2. The van der Waals surface area contributed by atoms with E-state index in [1.165, 1.54) is 6.42 Å². The summed E-state index contributed by atoms with van der Waals surface area (Å²) < 4.78 is 0. The number of nitrogens with one attached hydrogen (secondary N) is 2. The summed E-state index contributed by atoms with van der Waals surface area (Å²) in [5.74, 6) is 0.927. The Morgan fingerprint density at radius 3 is 2.74 bits per heavy atom. The standard InChI is InChI=1S/C14H24N4O/c1-10(2)11-8-12(18-17-11)16-13(19)9-14(15)6-4-3-5-7-14/h8,10H,3-7,9,15H2,1-2H3,(H2,16,17,18,19). The van der Waals surface area contributed by atoms with Gasteiger partial charge in [-0.1, -0.05) is 33.1 Å². The Bertz CT molecular complexity index is 432. The van der Waals surface area contributed by atoms with Crippen LogP contribution in [0.2, 0.25) is 0 Å². The number of nitrogens with zero attached hydrogens (tertiary/aromatic N) is 1. The molecule has 2 rings (SSSR count). The molecule has 0 spiro atoms. The van der Waals surface area contributed by atoms with Crippen molar-refractivity contribution in [2.45, 2.75) is 63.8 Å². The summed E-state index contributed by atoms with van der Waals surface area (Å²) >= 11 is 0. The number of hydrogen-bond donors (Lipinski definition) is 3. The number of aromatic amines is 1. The van der Waals surface area contributed by atoms with Crippen LogP contribution in [0.1, 0.15) is 64.0 Å². The summed E-state index contributed by atoms with van der Waals surface area (Å²) in [5.41, 5.74) is 6.98. The fraction of sp³-hybridized carbons (Fsp3) is 0.714. The third kappa shape index (κ3) is 3.80. The zero-order valence-corrected chi connectivity index (χ0v) is 11.8. The first-order valence-electron chi connectivity index (χ1n) is 7.12. The van der Waals surface area contributed by atoms with E-state index in [1.54, 1.807) is 0 Å². The van der Waals surface area contributed by atoms with Gasteiger partial charge in [0.25, 0.3) is 0 Å². The molecule has 1 fully saturated rings. The Hall–Kier alpha value is -1.36. The molecule has 1 aromatic rings. The van der Waals surface area contributed by atoms with E-state index in [0.717, 1.165) is 31.4 Å². The van der Waals surface area contributed by atoms with Crippen LogP contribution in [0, 0.1) is 0 Å². The van der Waals surface area contributed by atoms with E-state index in [4.69, 9.17) is 5.73 Å². The molecule has 1 amide bonds. The second-order valence-corrected chi connectivity index (χ2v) is 6.01. The summed E-state index contributed by atoms with van der Waals surface area (Å²) in [7, 11) is 0. The molecule has 0 radical (unpaired) electrons. The highest BCUT2D eigenvalue weighted by molar-refractivity contribution is 5.90. The van der Waals surface area contributed by atoms with Gasteiger partial charge in [0.1, 0.15) is 0 Å². The topological polar surface area (TPSA) is 83.8 Å². The van der Waals surface area contributed by atoms with Crippen LogP contribution in [0.15, 0.2) is 6.07 Å². The third-order valence-corrected chi connectivity index (χ3v) is 3.85. The van der Waals surface area contributed by atoms with Crippen LogP contribution in [0.25, 0.3) is 0 Å². The molecule has 1 aliphatic carbocycles. The zero-order valence-electron chi connectivity index (χ0n) is 11.8. The largest absolute Gasteiger partial charge is 0.325 e. The van der Waals surface area contributed by atoms with Crippen LogP contribution in [0.4, 0.5) is 5.82 Å². The molecule has 0 atom stereocenters. The molecule has 106 valence electrons. The quantitative estimate of drug-likeness (QED) is 0.781. The number of anilines is 1. The predicted molar refractivity (Wildman–Crippen MR) is 75.9 cm³/mol. The summed E-state index contributed by atoms with van der Waals surface area (Å²) in [6.45, 7) is 4.16. The van der Waals surface area contributed by atoms with Crippen molar-refractivity contribution in [3.05, 3.63) is 11.8 Å². The molecular weight excluding hydrogens is 240 g/mol. The normalized spacial score (nSPS) is 18.5. The molecule has 5 nitrogen and oxygen atoms in total. The van der Waals surface area contributed by atoms with Gasteiger partial charge in [0.15, 0.2) is 5.82 Å². The van der Waals surface area contributed by atoms with Crippen molar-refractivity contribution in [2.24, 2.45) is 5.73 Å². The first-order chi connectivity index (χ1) is 8.98. The van der Waals surface area contributed by atoms with Gasteiger partial charge in [0.2, 0.25) is 5.91 Å². The maximum atomic E-state index is 12.0. The Labute approximate surface area is 114 Å². The van der Waals surface area contributed by atoms with Crippen molar-refractivity contribution in [3.63, 3.8) is 0 Å². The first-order valence-corrected chi connectivity index (χ1v) is 7.12. The van der Waals surface area contributed by atoms with Gasteiger partial charge in [-0.3, -0.25) is 9.89 Å². The highest BCUT2D eigenvalue weighted by Crippen LogP contribution is 2.29. The van der Waals surface area contributed by atoms with Crippen molar-refractivity contribution < 1.29 is 4.79 Å². The molecule has 1 aromatic heterocycles. The van der Waals surface area contributed by atoms with Crippen LogP contribution < -0.4 is 11.1 Å². The van der Waals surface area contributed by atoms with E-state index in [-0.39, 0.29) is 11.4 Å². The number of rotatable bonds is 4. The van der Waals surface area contributed by atoms with Crippen LogP contribution in [-0.4, -0.2) is 21.6 Å². The molecule has 5 heteroatoms. The molecule has 4 N–H and O–H groups in total. The Balaban J connectivity index is 1.89. The molecule has 0 bridgehead atoms. The molecule has 1 heterocycles. The third-order valence-electron chi connectivity index (χ3n) is 3.85. The fourth-order valence-electron chi connectivity index (χ4n) is 2.64. The van der Waals surface area contributed by atoms with Gasteiger partial charge >= 0.3 is 0 Å². The van der Waals surface area contributed by atoms with Crippen molar-refractivity contribution in [3.8, 4) is 0 Å². The van der Waals surface area contributed by atoms with Gasteiger partial charge in [0, 0.05) is 23.7 Å². The van der Waals surface area contributed by atoms with Crippen molar-refractivity contribution in [2.75, 3.05) is 5.32 Å². The average Bonchev–Trinajstić information content (AvgIpc) is 2.77. The van der Waals surface area contributed by atoms with Crippen molar-refractivity contribution in [1.82, 2.24) is 10.2 Å². The number of amides is 1. The molecular formula is C14H24N4O. The first kappa shape index (κ1) is 14.1. The molecule has 19 heavy (non-hydrogen) atoms. The van der Waals surface area contributed by atoms with Gasteiger partial charge in [-0.05, 0) is 18.8 Å². The second-order valence-electron chi connectivity index (χ2n) is 6.01. The average molecular weight is 264 g/mol. The van der Waals surface area contributed by atoms with E-state index in [9.17, 15) is 4.79 Å². The number of hydrogen-bond acceptors (Lipinski definition) is 3. The van der Waals surface area contributed by atoms with Crippen LogP contribution in [-0.2, 0) is 4.79 Å². The highest BCUT2D eigenvalue weighted by atomic mass is 16.1. The monoisotopic (exact) mass is 264 g/mol. The minimum absolute atomic E-state index is 0.0359. The second kappa shape index (κ2) is 5.74. The Morgan fingerprint density at radius 1 is 1.47 bits per heavy atom. The van der Waals surface area contributed by atoms with Gasteiger partial charge in [0.05, 0.1) is 0 Å². The summed E-state index contributed by atoms with van der Waals surface area (Å²) in [4.78, 5) is 12.0. The fourth-order valence-corrected chi connectivity index (χ4v) is 2.64. The number of carbonyl (C=O) groups is 1. The molecule has 0 aliphatic heterocycles. The molecule has 0 saturated heterocycles. The predicted octanol–water partition coefficient (Wildman–Crippen LogP) is 2.52. The van der Waals surface area contributed by atoms with Gasteiger partial charge in [-0.15, -0.1) is 0 Å². The smallest absolute Gasteiger partial charge is 0.227 e. The summed E-state index contributed by atoms with van der Waals surface area (Å²) in [6, 6.07) is 1.88.